The first-order valence-corrected chi connectivity index (χ1v) is 4.23. The number of ketones is 1. The summed E-state index contributed by atoms with van der Waals surface area (Å²) in [5, 5.41) is 7.23. The summed E-state index contributed by atoms with van der Waals surface area (Å²) in [5.74, 6) is -0.425. The van der Waals surface area contributed by atoms with E-state index < -0.39 is 0 Å². The molecule has 3 N–H and O–H groups in total. The highest BCUT2D eigenvalue weighted by Crippen LogP contribution is 2.09. The average molecular weight is 197 g/mol. The lowest BCUT2D eigenvalue weighted by Gasteiger charge is -2.04. The standard InChI is InChI=1S/C9H9ClN2O/c10-5-8(13)6-3-1-2-4-7(6)9(11)12/h1-4H,5H2,(H3,11,12). The third kappa shape index (κ3) is 2.06. The summed E-state index contributed by atoms with van der Waals surface area (Å²) in [6, 6.07) is 6.68. The van der Waals surface area contributed by atoms with Crippen LogP contribution in [-0.4, -0.2) is 17.5 Å². The monoisotopic (exact) mass is 196 g/mol. The van der Waals surface area contributed by atoms with Gasteiger partial charge in [-0.15, -0.1) is 11.6 Å². The van der Waals surface area contributed by atoms with Gasteiger partial charge >= 0.3 is 0 Å². The lowest BCUT2D eigenvalue weighted by Crippen LogP contribution is -2.16. The van der Waals surface area contributed by atoms with Crippen molar-refractivity contribution in [3.05, 3.63) is 35.4 Å². The molecule has 13 heavy (non-hydrogen) atoms. The summed E-state index contributed by atoms with van der Waals surface area (Å²) in [4.78, 5) is 11.3. The Kier molecular flexibility index (Phi) is 3.03. The van der Waals surface area contributed by atoms with Crippen LogP contribution in [0.3, 0.4) is 0 Å². The van der Waals surface area contributed by atoms with Crippen LogP contribution in [0.4, 0.5) is 0 Å². The molecule has 1 rings (SSSR count). The predicted octanol–water partition coefficient (Wildman–Crippen LogP) is 1.39. The van der Waals surface area contributed by atoms with Crippen molar-refractivity contribution < 1.29 is 4.79 Å². The number of benzene rings is 1. The second-order valence-electron chi connectivity index (χ2n) is 2.52. The quantitative estimate of drug-likeness (QED) is 0.332. The lowest BCUT2D eigenvalue weighted by atomic mass is 10.0. The van der Waals surface area contributed by atoms with Gasteiger partial charge in [-0.2, -0.15) is 0 Å². The van der Waals surface area contributed by atoms with Crippen LogP contribution in [0.1, 0.15) is 15.9 Å². The minimum absolute atomic E-state index is 0.0930. The van der Waals surface area contributed by atoms with Gasteiger partial charge in [0.2, 0.25) is 0 Å². The Hall–Kier alpha value is -1.35. The van der Waals surface area contributed by atoms with Gasteiger partial charge in [0.25, 0.3) is 0 Å². The van der Waals surface area contributed by atoms with Crippen molar-refractivity contribution in [2.75, 3.05) is 5.88 Å². The van der Waals surface area contributed by atoms with Crippen molar-refractivity contribution in [3.8, 4) is 0 Å². The molecule has 0 bridgehead atoms. The summed E-state index contributed by atoms with van der Waals surface area (Å²) in [7, 11) is 0. The van der Waals surface area contributed by atoms with Crippen molar-refractivity contribution in [3.63, 3.8) is 0 Å². The van der Waals surface area contributed by atoms with Crippen LogP contribution in [0, 0.1) is 5.41 Å². The maximum atomic E-state index is 11.3. The van der Waals surface area contributed by atoms with Crippen LogP contribution in [-0.2, 0) is 0 Å². The van der Waals surface area contributed by atoms with E-state index in [0.717, 1.165) is 0 Å². The maximum Gasteiger partial charge on any atom is 0.178 e. The van der Waals surface area contributed by atoms with Crippen LogP contribution in [0.25, 0.3) is 0 Å². The highest BCUT2D eigenvalue weighted by atomic mass is 35.5. The number of carbonyl (C=O) groups excluding carboxylic acids is 1. The molecule has 0 saturated carbocycles. The van der Waals surface area contributed by atoms with E-state index >= 15 is 0 Å². The minimum Gasteiger partial charge on any atom is -0.384 e. The zero-order valence-electron chi connectivity index (χ0n) is 6.88. The molecular formula is C9H9ClN2O. The molecule has 1 aromatic rings. The normalized spacial score (nSPS) is 9.62. The van der Waals surface area contributed by atoms with Crippen molar-refractivity contribution in [1.82, 2.24) is 0 Å². The van der Waals surface area contributed by atoms with Gasteiger partial charge in [0.05, 0.1) is 5.88 Å². The summed E-state index contributed by atoms with van der Waals surface area (Å²) < 4.78 is 0. The van der Waals surface area contributed by atoms with E-state index in [9.17, 15) is 4.79 Å². The molecule has 68 valence electrons. The molecule has 1 aromatic carbocycles. The molecule has 0 atom stereocenters. The SMILES string of the molecule is N=C(N)c1ccccc1C(=O)CCl. The Balaban J connectivity index is 3.19. The fourth-order valence-corrected chi connectivity index (χ4v) is 1.18. The van der Waals surface area contributed by atoms with E-state index in [4.69, 9.17) is 22.7 Å². The molecular weight excluding hydrogens is 188 g/mol. The average Bonchev–Trinajstić information content (AvgIpc) is 2.16. The predicted molar refractivity (Wildman–Crippen MR) is 52.5 cm³/mol. The Labute approximate surface area is 81.0 Å². The number of hydrogen-bond donors (Lipinski definition) is 2. The minimum atomic E-state index is -0.215. The van der Waals surface area contributed by atoms with Gasteiger partial charge in [0.1, 0.15) is 5.84 Å². The molecule has 3 nitrogen and oxygen atoms in total. The van der Waals surface area contributed by atoms with Gasteiger partial charge < -0.3 is 5.73 Å². The number of hydrogen-bond acceptors (Lipinski definition) is 2. The summed E-state index contributed by atoms with van der Waals surface area (Å²) in [6.07, 6.45) is 0. The Morgan fingerprint density at radius 1 is 1.38 bits per heavy atom. The molecule has 0 aromatic heterocycles. The first-order valence-electron chi connectivity index (χ1n) is 3.69. The van der Waals surface area contributed by atoms with Crippen molar-refractivity contribution >= 4 is 23.2 Å². The summed E-state index contributed by atoms with van der Waals surface area (Å²) >= 11 is 5.40. The number of amidine groups is 1. The zero-order chi connectivity index (χ0) is 9.84. The van der Waals surface area contributed by atoms with Crippen LogP contribution >= 0.6 is 11.6 Å². The van der Waals surface area contributed by atoms with Gasteiger partial charge in [0, 0.05) is 11.1 Å². The van der Waals surface area contributed by atoms with E-state index in [1.807, 2.05) is 0 Å². The van der Waals surface area contributed by atoms with E-state index in [-0.39, 0.29) is 17.5 Å². The Morgan fingerprint density at radius 3 is 2.38 bits per heavy atom. The highest BCUT2D eigenvalue weighted by molar-refractivity contribution is 6.31. The number of nitrogens with two attached hydrogens (primary N) is 1. The van der Waals surface area contributed by atoms with E-state index in [1.54, 1.807) is 24.3 Å². The second-order valence-corrected chi connectivity index (χ2v) is 2.78. The van der Waals surface area contributed by atoms with E-state index in [1.165, 1.54) is 0 Å². The van der Waals surface area contributed by atoms with E-state index in [2.05, 4.69) is 0 Å². The highest BCUT2D eigenvalue weighted by Gasteiger charge is 2.10. The molecule has 0 radical (unpaired) electrons. The number of Topliss-reactive ketones (excluding diaryl/α,β-unsaturated/α-hetero) is 1. The number of nitrogens with one attached hydrogen (secondary N) is 1. The molecule has 0 unspecified atom stereocenters. The van der Waals surface area contributed by atoms with Crippen LogP contribution < -0.4 is 5.73 Å². The van der Waals surface area contributed by atoms with Crippen molar-refractivity contribution in [1.29, 1.82) is 5.41 Å². The number of rotatable bonds is 3. The molecule has 0 spiro atoms. The molecule has 0 aliphatic rings. The Bertz CT molecular complexity index is 349. The van der Waals surface area contributed by atoms with Gasteiger partial charge in [-0.25, -0.2) is 0 Å². The van der Waals surface area contributed by atoms with Gasteiger partial charge in [0.15, 0.2) is 5.78 Å². The first kappa shape index (κ1) is 9.74. The fourth-order valence-electron chi connectivity index (χ4n) is 1.03. The van der Waals surface area contributed by atoms with Gasteiger partial charge in [-0.1, -0.05) is 24.3 Å². The van der Waals surface area contributed by atoms with Crippen LogP contribution in [0.15, 0.2) is 24.3 Å². The van der Waals surface area contributed by atoms with Crippen LogP contribution in [0.5, 0.6) is 0 Å². The number of halogens is 1. The maximum absolute atomic E-state index is 11.3. The topological polar surface area (TPSA) is 66.9 Å². The third-order valence-electron chi connectivity index (χ3n) is 1.64. The second kappa shape index (κ2) is 4.05. The molecule has 0 saturated heterocycles. The number of alkyl halides is 1. The number of nitrogen functional groups attached to an aromatic ring is 1. The van der Waals surface area contributed by atoms with Gasteiger partial charge in [-0.3, -0.25) is 10.2 Å². The molecule has 0 heterocycles. The van der Waals surface area contributed by atoms with E-state index in [0.29, 0.717) is 11.1 Å². The Morgan fingerprint density at radius 2 is 1.92 bits per heavy atom. The van der Waals surface area contributed by atoms with Crippen LogP contribution in [0.2, 0.25) is 0 Å². The molecule has 0 aliphatic carbocycles. The molecule has 0 fully saturated rings. The first-order chi connectivity index (χ1) is 6.16. The van der Waals surface area contributed by atoms with Crippen molar-refractivity contribution in [2.24, 2.45) is 5.73 Å². The molecule has 0 amide bonds. The summed E-state index contributed by atoms with van der Waals surface area (Å²) in [6.45, 7) is 0. The smallest absolute Gasteiger partial charge is 0.178 e. The third-order valence-corrected chi connectivity index (χ3v) is 1.88. The molecule has 0 aliphatic heterocycles. The molecule has 4 heteroatoms. The van der Waals surface area contributed by atoms with Crippen molar-refractivity contribution in [2.45, 2.75) is 0 Å². The fraction of sp³-hybridized carbons (Fsp3) is 0.111. The number of carbonyl (C=O) groups is 1. The zero-order valence-corrected chi connectivity index (χ0v) is 7.64. The van der Waals surface area contributed by atoms with Gasteiger partial charge in [-0.05, 0) is 0 Å². The summed E-state index contributed by atoms with van der Waals surface area (Å²) in [5.41, 5.74) is 6.14. The lowest BCUT2D eigenvalue weighted by molar-refractivity contribution is 0.102. The largest absolute Gasteiger partial charge is 0.384 e.